The number of hydrogen-bond acceptors (Lipinski definition) is 5. The lowest BCUT2D eigenvalue weighted by molar-refractivity contribution is 0.0696. The number of fused-ring (bicyclic) bond motifs is 1. The van der Waals surface area contributed by atoms with Gasteiger partial charge in [0, 0.05) is 17.8 Å². The number of carboxylic acids is 1. The first-order chi connectivity index (χ1) is 17.0. The maximum Gasteiger partial charge on any atom is 0.337 e. The molecule has 0 saturated heterocycles. The molecule has 1 fully saturated rings. The minimum absolute atomic E-state index is 0.0616. The van der Waals surface area contributed by atoms with Gasteiger partial charge in [-0.25, -0.2) is 19.2 Å². The Morgan fingerprint density at radius 1 is 1.14 bits per heavy atom. The average molecular weight is 474 g/mol. The number of carboxylic acid groups (broad SMARTS) is 1. The van der Waals surface area contributed by atoms with Crippen molar-refractivity contribution in [1.82, 2.24) is 14.5 Å². The molecule has 2 aromatic heterocycles. The lowest BCUT2D eigenvalue weighted by atomic mass is 10.1. The fourth-order valence-corrected chi connectivity index (χ4v) is 4.35. The molecule has 1 aliphatic carbocycles. The van der Waals surface area contributed by atoms with Gasteiger partial charge in [0.15, 0.2) is 11.5 Å². The summed E-state index contributed by atoms with van der Waals surface area (Å²) in [6.45, 7) is 0. The number of nitrogens with zero attached hydrogens (tertiary/aromatic N) is 3. The second-order valence-electron chi connectivity index (χ2n) is 8.38. The van der Waals surface area contributed by atoms with Gasteiger partial charge in [-0.2, -0.15) is 0 Å². The summed E-state index contributed by atoms with van der Waals surface area (Å²) in [5.74, 6) is 0.790. The molecule has 1 aliphatic rings. The number of rotatable bonds is 7. The van der Waals surface area contributed by atoms with Crippen molar-refractivity contribution >= 4 is 29.2 Å². The molecule has 0 amide bonds. The van der Waals surface area contributed by atoms with Crippen molar-refractivity contribution < 1.29 is 23.8 Å². The molecule has 1 saturated carbocycles. The van der Waals surface area contributed by atoms with Gasteiger partial charge in [-0.1, -0.05) is 12.1 Å². The molecule has 7 nitrogen and oxygen atoms in total. The fourth-order valence-electron chi connectivity index (χ4n) is 4.35. The van der Waals surface area contributed by atoms with Crippen molar-refractivity contribution in [2.24, 2.45) is 0 Å². The van der Waals surface area contributed by atoms with Gasteiger partial charge in [-0.05, 0) is 68.2 Å². The third-order valence-corrected chi connectivity index (χ3v) is 6.09. The number of ether oxygens (including phenoxy) is 2. The van der Waals surface area contributed by atoms with Gasteiger partial charge in [-0.3, -0.25) is 4.57 Å². The van der Waals surface area contributed by atoms with Crippen LogP contribution in [0.1, 0.15) is 47.4 Å². The molecule has 1 N–H and O–H groups in total. The number of halogens is 1. The van der Waals surface area contributed by atoms with E-state index in [0.29, 0.717) is 34.2 Å². The number of benzene rings is 2. The molecule has 0 atom stereocenters. The van der Waals surface area contributed by atoms with E-state index in [4.69, 9.17) is 9.47 Å². The summed E-state index contributed by atoms with van der Waals surface area (Å²) in [6, 6.07) is 13.1. The van der Waals surface area contributed by atoms with Crippen molar-refractivity contribution in [3.63, 3.8) is 0 Å². The molecule has 8 heteroatoms. The second kappa shape index (κ2) is 9.58. The van der Waals surface area contributed by atoms with Crippen molar-refractivity contribution in [2.75, 3.05) is 7.11 Å². The van der Waals surface area contributed by atoms with E-state index in [1.54, 1.807) is 29.9 Å². The van der Waals surface area contributed by atoms with E-state index in [1.807, 2.05) is 24.3 Å². The summed E-state index contributed by atoms with van der Waals surface area (Å²) in [5.41, 5.74) is 2.00. The molecule has 2 heterocycles. The Balaban J connectivity index is 1.59. The van der Waals surface area contributed by atoms with Gasteiger partial charge in [0.1, 0.15) is 17.5 Å². The van der Waals surface area contributed by atoms with E-state index < -0.39 is 11.8 Å². The van der Waals surface area contributed by atoms with Crippen molar-refractivity contribution in [1.29, 1.82) is 0 Å². The van der Waals surface area contributed by atoms with Crippen molar-refractivity contribution in [2.45, 2.75) is 31.8 Å². The Kier molecular flexibility index (Phi) is 6.18. The molecule has 0 bridgehead atoms. The maximum absolute atomic E-state index is 14.1. The van der Waals surface area contributed by atoms with Crippen LogP contribution in [0.25, 0.3) is 29.0 Å². The van der Waals surface area contributed by atoms with E-state index in [2.05, 4.69) is 9.97 Å². The fraction of sp³-hybridized carbons (Fsp3) is 0.222. The lowest BCUT2D eigenvalue weighted by Gasteiger charge is -2.18. The highest BCUT2D eigenvalue weighted by Gasteiger charge is 2.20. The van der Waals surface area contributed by atoms with Crippen LogP contribution in [0.15, 0.2) is 54.7 Å². The Hall–Kier alpha value is -4.20. The van der Waals surface area contributed by atoms with Gasteiger partial charge in [-0.15, -0.1) is 0 Å². The monoisotopic (exact) mass is 473 g/mol. The van der Waals surface area contributed by atoms with Crippen LogP contribution in [0.3, 0.4) is 0 Å². The molecule has 0 aliphatic heterocycles. The molecule has 178 valence electrons. The number of para-hydroxylation sites is 1. The first-order valence-corrected chi connectivity index (χ1v) is 11.4. The van der Waals surface area contributed by atoms with Crippen LogP contribution in [0.5, 0.6) is 11.5 Å². The first kappa shape index (κ1) is 22.6. The molecular formula is C27H24FN3O4. The van der Waals surface area contributed by atoms with Crippen LogP contribution in [-0.4, -0.2) is 38.8 Å². The quantitative estimate of drug-likeness (QED) is 0.367. The zero-order valence-electron chi connectivity index (χ0n) is 19.1. The van der Waals surface area contributed by atoms with Gasteiger partial charge in [0.05, 0.1) is 29.8 Å². The third-order valence-electron chi connectivity index (χ3n) is 6.09. The van der Waals surface area contributed by atoms with E-state index >= 15 is 0 Å². The number of carbonyl (C=O) groups is 1. The number of aromatic carboxylic acids is 1. The molecule has 35 heavy (non-hydrogen) atoms. The smallest absolute Gasteiger partial charge is 0.337 e. The van der Waals surface area contributed by atoms with Crippen LogP contribution in [0.4, 0.5) is 4.39 Å². The minimum Gasteiger partial charge on any atom is -0.493 e. The molecule has 0 radical (unpaired) electrons. The molecule has 0 spiro atoms. The zero-order valence-corrected chi connectivity index (χ0v) is 19.1. The van der Waals surface area contributed by atoms with E-state index in [0.717, 1.165) is 31.2 Å². The largest absolute Gasteiger partial charge is 0.493 e. The maximum atomic E-state index is 14.1. The number of imidazole rings is 1. The Morgan fingerprint density at radius 2 is 1.97 bits per heavy atom. The predicted octanol–water partition coefficient (Wildman–Crippen LogP) is 5.76. The highest BCUT2D eigenvalue weighted by atomic mass is 19.1. The van der Waals surface area contributed by atoms with Crippen LogP contribution < -0.4 is 9.47 Å². The Labute approximate surface area is 201 Å². The summed E-state index contributed by atoms with van der Waals surface area (Å²) in [7, 11) is 1.62. The average Bonchev–Trinajstić information content (AvgIpc) is 3.50. The number of hydrogen-bond donors (Lipinski definition) is 1. The Bertz CT molecular complexity index is 1410. The highest BCUT2D eigenvalue weighted by Crippen LogP contribution is 2.36. The van der Waals surface area contributed by atoms with E-state index in [1.165, 1.54) is 24.4 Å². The standard InChI is InChI=1S/C27H24FN3O4/c1-34-23-8-4-5-17(26(23)35-20-6-2-3-7-20)9-14-25-30-21-12-11-19(28)15-22(21)31(25)24-13-10-18(16-29-24)27(32)33/h4-5,8-16,20H,2-3,6-7H2,1H3,(H,32,33). The van der Waals surface area contributed by atoms with Gasteiger partial charge in [0.25, 0.3) is 0 Å². The van der Waals surface area contributed by atoms with Crippen LogP contribution >= 0.6 is 0 Å². The van der Waals surface area contributed by atoms with Gasteiger partial charge in [0.2, 0.25) is 0 Å². The highest BCUT2D eigenvalue weighted by molar-refractivity contribution is 5.87. The zero-order chi connectivity index (χ0) is 24.4. The lowest BCUT2D eigenvalue weighted by Crippen LogP contribution is -2.12. The third kappa shape index (κ3) is 4.59. The Morgan fingerprint density at radius 3 is 2.69 bits per heavy atom. The predicted molar refractivity (Wildman–Crippen MR) is 131 cm³/mol. The van der Waals surface area contributed by atoms with Crippen LogP contribution in [0.2, 0.25) is 0 Å². The molecular weight excluding hydrogens is 449 g/mol. The molecule has 5 rings (SSSR count). The summed E-state index contributed by atoms with van der Waals surface area (Å²) >= 11 is 0. The van der Waals surface area contributed by atoms with Crippen molar-refractivity contribution in [3.8, 4) is 17.3 Å². The normalized spacial score (nSPS) is 14.1. The van der Waals surface area contributed by atoms with Gasteiger partial charge < -0.3 is 14.6 Å². The van der Waals surface area contributed by atoms with Crippen molar-refractivity contribution in [3.05, 3.63) is 77.5 Å². The molecule has 4 aromatic rings. The summed E-state index contributed by atoms with van der Waals surface area (Å²) < 4.78 is 27.7. The molecule has 0 unspecified atom stereocenters. The summed E-state index contributed by atoms with van der Waals surface area (Å²) in [5, 5.41) is 9.21. The molecule has 2 aromatic carbocycles. The number of pyridine rings is 1. The first-order valence-electron chi connectivity index (χ1n) is 11.4. The summed E-state index contributed by atoms with van der Waals surface area (Å²) in [6.07, 6.45) is 9.45. The van der Waals surface area contributed by atoms with Crippen LogP contribution in [-0.2, 0) is 0 Å². The van der Waals surface area contributed by atoms with Crippen LogP contribution in [0, 0.1) is 5.82 Å². The van der Waals surface area contributed by atoms with Gasteiger partial charge >= 0.3 is 5.97 Å². The SMILES string of the molecule is COc1cccc(C=Cc2nc3ccc(F)cc3n2-c2ccc(C(=O)O)cn2)c1OC1CCCC1. The number of methoxy groups -OCH3 is 1. The number of aromatic nitrogens is 3. The van der Waals surface area contributed by atoms with E-state index in [-0.39, 0.29) is 11.7 Å². The summed E-state index contributed by atoms with van der Waals surface area (Å²) in [4.78, 5) is 20.2. The van der Waals surface area contributed by atoms with E-state index in [9.17, 15) is 14.3 Å². The topological polar surface area (TPSA) is 86.5 Å². The second-order valence-corrected chi connectivity index (χ2v) is 8.38. The minimum atomic E-state index is -1.07.